The fourth-order valence-corrected chi connectivity index (χ4v) is 9.15. The van der Waals surface area contributed by atoms with Crippen LogP contribution in [0.4, 0.5) is 11.4 Å². The predicted molar refractivity (Wildman–Crippen MR) is 183 cm³/mol. The number of fused-ring (bicyclic) bond motifs is 2. The number of aldehydes is 1. The summed E-state index contributed by atoms with van der Waals surface area (Å²) in [4.78, 5) is 53.7. The second-order valence-corrected chi connectivity index (χ2v) is 14.6. The lowest BCUT2D eigenvalue weighted by Crippen LogP contribution is -2.30. The molecule has 1 N–H and O–H groups in total. The number of allylic oxidation sites excluding steroid dienone is 2. The molecule has 2 aliphatic heterocycles. The van der Waals surface area contributed by atoms with Crippen LogP contribution in [-0.2, 0) is 0 Å². The van der Waals surface area contributed by atoms with Gasteiger partial charge >= 0.3 is 0 Å². The fourth-order valence-electron chi connectivity index (χ4n) is 4.25. The summed E-state index contributed by atoms with van der Waals surface area (Å²) >= 11 is 27.4. The van der Waals surface area contributed by atoms with Gasteiger partial charge in [-0.1, -0.05) is 18.2 Å². The standard InChI is InChI=1S/C26H8Br8N2O4/c27-16-10(7-37)13(17(28)21(32)20(16)31)12(38)6-9-5-4-8-2-1-3-11(24(8)35-9)36-25(39)14-15(26(36)40)19(30)23(34)22(33)18(14)29/h1-7,35H/b9-6-. The maximum Gasteiger partial charge on any atom is 0.267 e. The Labute approximate surface area is 294 Å². The highest BCUT2D eigenvalue weighted by atomic mass is 79.9. The van der Waals surface area contributed by atoms with Crippen LogP contribution in [-0.4, -0.2) is 23.9 Å². The molecule has 2 amide bonds. The molecular formula is C26H8Br8N2O4. The Bertz CT molecular complexity index is 1750. The fraction of sp³-hybridized carbons (Fsp3) is 0. The molecule has 2 heterocycles. The highest BCUT2D eigenvalue weighted by molar-refractivity contribution is 9.15. The summed E-state index contributed by atoms with van der Waals surface area (Å²) in [6.07, 6.45) is 5.42. The van der Waals surface area contributed by atoms with Crippen molar-refractivity contribution in [1.29, 1.82) is 0 Å². The van der Waals surface area contributed by atoms with Crippen molar-refractivity contribution >= 4 is 169 Å². The summed E-state index contributed by atoms with van der Waals surface area (Å²) in [7, 11) is 0. The van der Waals surface area contributed by atoms with Gasteiger partial charge < -0.3 is 5.32 Å². The summed E-state index contributed by atoms with van der Waals surface area (Å²) < 4.78 is 4.07. The largest absolute Gasteiger partial charge is 0.353 e. The van der Waals surface area contributed by atoms with Crippen LogP contribution in [0.15, 0.2) is 71.8 Å². The lowest BCUT2D eigenvalue weighted by atomic mass is 10.0. The number of hydrogen-bond acceptors (Lipinski definition) is 5. The second-order valence-electron chi connectivity index (χ2n) is 8.28. The maximum absolute atomic E-state index is 13.6. The number of benzene rings is 3. The van der Waals surface area contributed by atoms with Gasteiger partial charge in [-0.05, 0) is 140 Å². The Balaban J connectivity index is 1.58. The molecule has 0 fully saturated rings. The number of amides is 2. The third-order valence-electron chi connectivity index (χ3n) is 6.08. The smallest absolute Gasteiger partial charge is 0.267 e. The van der Waals surface area contributed by atoms with Crippen LogP contribution in [0.3, 0.4) is 0 Å². The van der Waals surface area contributed by atoms with Crippen molar-refractivity contribution < 1.29 is 19.2 Å². The maximum atomic E-state index is 13.6. The Morgan fingerprint density at radius 1 is 0.725 bits per heavy atom. The zero-order valence-electron chi connectivity index (χ0n) is 19.1. The van der Waals surface area contributed by atoms with Crippen LogP contribution in [0.1, 0.15) is 47.0 Å². The lowest BCUT2D eigenvalue weighted by molar-refractivity contribution is 0.0924. The van der Waals surface area contributed by atoms with E-state index in [4.69, 9.17) is 0 Å². The average Bonchev–Trinajstić information content (AvgIpc) is 3.20. The Morgan fingerprint density at radius 3 is 1.85 bits per heavy atom. The molecule has 0 aliphatic carbocycles. The van der Waals surface area contributed by atoms with Gasteiger partial charge in [-0.3, -0.25) is 19.2 Å². The first-order valence-corrected chi connectivity index (χ1v) is 17.1. The van der Waals surface area contributed by atoms with Crippen LogP contribution < -0.4 is 10.2 Å². The minimum absolute atomic E-state index is 0.157. The first kappa shape index (κ1) is 30.7. The van der Waals surface area contributed by atoms with E-state index in [2.05, 4.69) is 133 Å². The molecule has 3 aromatic carbocycles. The van der Waals surface area contributed by atoms with Crippen molar-refractivity contribution in [3.05, 3.63) is 99.6 Å². The highest BCUT2D eigenvalue weighted by Crippen LogP contribution is 2.48. The van der Waals surface area contributed by atoms with Crippen LogP contribution in [0.2, 0.25) is 0 Å². The molecular weight excluding hydrogens is 1040 g/mol. The molecule has 202 valence electrons. The predicted octanol–water partition coefficient (Wildman–Crippen LogP) is 10.6. The molecule has 0 atom stereocenters. The number of anilines is 2. The SMILES string of the molecule is O=Cc1c(Br)c(Br)c(Br)c(Br)c1C(=O)/C=C1/C=Cc2cccc(N3C(=O)c4c(Br)c(Br)c(Br)c(Br)c4C3=O)c2N1. The van der Waals surface area contributed by atoms with E-state index in [1.165, 1.54) is 6.08 Å². The molecule has 0 spiro atoms. The highest BCUT2D eigenvalue weighted by Gasteiger charge is 2.43. The first-order chi connectivity index (χ1) is 18.9. The number of nitrogens with zero attached hydrogens (tertiary/aromatic N) is 1. The summed E-state index contributed by atoms with van der Waals surface area (Å²) in [5.41, 5.74) is 2.67. The van der Waals surface area contributed by atoms with Gasteiger partial charge in [0, 0.05) is 64.2 Å². The number of halogens is 8. The topological polar surface area (TPSA) is 83.6 Å². The van der Waals surface area contributed by atoms with Gasteiger partial charge in [0.2, 0.25) is 0 Å². The van der Waals surface area contributed by atoms with E-state index in [0.717, 1.165) is 4.90 Å². The van der Waals surface area contributed by atoms with E-state index < -0.39 is 17.6 Å². The molecule has 0 bridgehead atoms. The van der Waals surface area contributed by atoms with Crippen molar-refractivity contribution in [2.75, 3.05) is 10.2 Å². The van der Waals surface area contributed by atoms with Crippen LogP contribution >= 0.6 is 127 Å². The van der Waals surface area contributed by atoms with E-state index in [1.807, 2.05) is 6.07 Å². The quantitative estimate of drug-likeness (QED) is 0.0703. The number of para-hydroxylation sites is 1. The van der Waals surface area contributed by atoms with E-state index in [1.54, 1.807) is 24.3 Å². The Hall–Kier alpha value is -0.740. The number of nitrogens with one attached hydrogen (secondary N) is 1. The zero-order chi connectivity index (χ0) is 29.2. The molecule has 14 heteroatoms. The van der Waals surface area contributed by atoms with Crippen molar-refractivity contribution in [1.82, 2.24) is 0 Å². The van der Waals surface area contributed by atoms with Crippen LogP contribution in [0.5, 0.6) is 0 Å². The van der Waals surface area contributed by atoms with Crippen molar-refractivity contribution in [3.8, 4) is 0 Å². The van der Waals surface area contributed by atoms with E-state index in [0.29, 0.717) is 64.7 Å². The average molecular weight is 1050 g/mol. The summed E-state index contributed by atoms with van der Waals surface area (Å²) in [5.74, 6) is -1.45. The van der Waals surface area contributed by atoms with E-state index in [-0.39, 0.29) is 22.3 Å². The molecule has 6 nitrogen and oxygen atoms in total. The van der Waals surface area contributed by atoms with Gasteiger partial charge in [0.05, 0.1) is 22.5 Å². The van der Waals surface area contributed by atoms with Gasteiger partial charge in [-0.25, -0.2) is 4.90 Å². The monoisotopic (exact) mass is 1040 g/mol. The van der Waals surface area contributed by atoms with Crippen molar-refractivity contribution in [2.24, 2.45) is 0 Å². The number of hydrogen-bond donors (Lipinski definition) is 1. The first-order valence-electron chi connectivity index (χ1n) is 10.8. The minimum atomic E-state index is -0.503. The minimum Gasteiger partial charge on any atom is -0.353 e. The summed E-state index contributed by atoms with van der Waals surface area (Å²) in [6, 6.07) is 5.22. The molecule has 0 unspecified atom stereocenters. The Morgan fingerprint density at radius 2 is 1.27 bits per heavy atom. The van der Waals surface area contributed by atoms with Gasteiger partial charge in [-0.2, -0.15) is 0 Å². The normalized spacial score (nSPS) is 14.9. The molecule has 2 aliphatic rings. The van der Waals surface area contributed by atoms with Crippen LogP contribution in [0, 0.1) is 0 Å². The molecule has 0 radical (unpaired) electrons. The number of imide groups is 1. The van der Waals surface area contributed by atoms with Gasteiger partial charge in [0.15, 0.2) is 12.1 Å². The van der Waals surface area contributed by atoms with Gasteiger partial charge in [-0.15, -0.1) is 0 Å². The zero-order valence-corrected chi connectivity index (χ0v) is 31.8. The molecule has 0 saturated carbocycles. The van der Waals surface area contributed by atoms with Crippen LogP contribution in [0.25, 0.3) is 6.08 Å². The van der Waals surface area contributed by atoms with E-state index in [9.17, 15) is 19.2 Å². The van der Waals surface area contributed by atoms with E-state index >= 15 is 0 Å². The molecule has 0 saturated heterocycles. The number of ketones is 1. The Kier molecular flexibility index (Phi) is 9.01. The van der Waals surface area contributed by atoms with Gasteiger partial charge in [0.1, 0.15) is 0 Å². The summed E-state index contributed by atoms with van der Waals surface area (Å²) in [5, 5.41) is 3.19. The molecule has 5 rings (SSSR count). The number of rotatable bonds is 4. The third-order valence-corrected chi connectivity index (χ3v) is 15.6. The lowest BCUT2D eigenvalue weighted by Gasteiger charge is -2.24. The summed E-state index contributed by atoms with van der Waals surface area (Å²) in [6.45, 7) is 0. The van der Waals surface area contributed by atoms with Crippen molar-refractivity contribution in [2.45, 2.75) is 0 Å². The molecule has 3 aromatic rings. The van der Waals surface area contributed by atoms with Gasteiger partial charge in [0.25, 0.3) is 11.8 Å². The molecule has 0 aromatic heterocycles. The van der Waals surface area contributed by atoms with Crippen molar-refractivity contribution in [3.63, 3.8) is 0 Å². The number of carbonyl (C=O) groups excluding carboxylic acids is 4. The third kappa shape index (κ3) is 4.87. The second kappa shape index (κ2) is 11.7. The molecule has 40 heavy (non-hydrogen) atoms. The number of carbonyl (C=O) groups is 4.